The first-order chi connectivity index (χ1) is 16.5. The Bertz CT molecular complexity index is 1320. The van der Waals surface area contributed by atoms with E-state index in [0.29, 0.717) is 29.4 Å². The highest BCUT2D eigenvalue weighted by Gasteiger charge is 2.22. The molecule has 0 fully saturated rings. The predicted octanol–water partition coefficient (Wildman–Crippen LogP) is 5.08. The first kappa shape index (κ1) is 23.7. The molecule has 0 aliphatic rings. The van der Waals surface area contributed by atoms with E-state index in [-0.39, 0.29) is 11.9 Å². The summed E-state index contributed by atoms with van der Waals surface area (Å²) in [5, 5.41) is 12.8. The molecule has 0 aliphatic heterocycles. The lowest BCUT2D eigenvalue weighted by Gasteiger charge is -2.14. The van der Waals surface area contributed by atoms with Gasteiger partial charge in [-0.1, -0.05) is 43.8 Å². The van der Waals surface area contributed by atoms with E-state index in [1.807, 2.05) is 25.1 Å². The number of benzene rings is 2. The third-order valence-corrected chi connectivity index (χ3v) is 6.59. The number of thioether (sulfide) groups is 1. The summed E-state index contributed by atoms with van der Waals surface area (Å²) < 4.78 is 7.16. The molecule has 1 atom stereocenters. The van der Waals surface area contributed by atoms with Crippen molar-refractivity contribution < 1.29 is 14.3 Å². The van der Waals surface area contributed by atoms with Crippen molar-refractivity contribution in [3.05, 3.63) is 54.1 Å². The summed E-state index contributed by atoms with van der Waals surface area (Å²) in [7, 11) is 0. The van der Waals surface area contributed by atoms with Crippen molar-refractivity contribution in [3.8, 4) is 0 Å². The molecule has 8 nitrogen and oxygen atoms in total. The maximum absolute atomic E-state index is 12.9. The molecule has 1 N–H and O–H groups in total. The second-order valence-corrected chi connectivity index (χ2v) is 8.91. The average Bonchev–Trinajstić information content (AvgIpc) is 3.16. The van der Waals surface area contributed by atoms with Gasteiger partial charge in [0.1, 0.15) is 5.52 Å². The van der Waals surface area contributed by atoms with Gasteiger partial charge in [0.15, 0.2) is 5.65 Å². The maximum atomic E-state index is 12.9. The van der Waals surface area contributed by atoms with E-state index in [0.717, 1.165) is 35.0 Å². The maximum Gasteiger partial charge on any atom is 0.338 e. The molecule has 0 saturated heterocycles. The number of anilines is 1. The van der Waals surface area contributed by atoms with Crippen LogP contribution in [0.2, 0.25) is 0 Å². The molecule has 4 rings (SSSR count). The zero-order chi connectivity index (χ0) is 24.1. The standard InChI is InChI=1S/C25H27N5O3S/c1-4-15-30-19-10-8-7-9-18(19)21-22(30)27-25(29-28-21)34-20(5-2)23(31)26-17-13-11-16(12-14-17)24(32)33-6-3/h7-14,20H,4-6,15H2,1-3H3,(H,26,31)/t20-/m0/s1. The van der Waals surface area contributed by atoms with Crippen molar-refractivity contribution in [2.75, 3.05) is 11.9 Å². The number of aryl methyl sites for hydroxylation is 1. The smallest absolute Gasteiger partial charge is 0.338 e. The van der Waals surface area contributed by atoms with Crippen LogP contribution in [0.3, 0.4) is 0 Å². The molecule has 0 radical (unpaired) electrons. The Morgan fingerprint density at radius 3 is 2.53 bits per heavy atom. The van der Waals surface area contributed by atoms with Gasteiger partial charge in [0.25, 0.3) is 0 Å². The topological polar surface area (TPSA) is 99.0 Å². The van der Waals surface area contributed by atoms with E-state index in [1.165, 1.54) is 11.8 Å². The number of carbonyl (C=O) groups excluding carboxylic acids is 2. The second kappa shape index (κ2) is 10.6. The lowest BCUT2D eigenvalue weighted by Crippen LogP contribution is -2.25. The van der Waals surface area contributed by atoms with Crippen LogP contribution in [0.4, 0.5) is 5.69 Å². The lowest BCUT2D eigenvalue weighted by atomic mass is 10.2. The van der Waals surface area contributed by atoms with E-state index in [1.54, 1.807) is 31.2 Å². The fourth-order valence-electron chi connectivity index (χ4n) is 3.77. The minimum atomic E-state index is -0.395. The van der Waals surface area contributed by atoms with Gasteiger partial charge < -0.3 is 14.6 Å². The van der Waals surface area contributed by atoms with Gasteiger partial charge in [0.2, 0.25) is 11.1 Å². The summed E-state index contributed by atoms with van der Waals surface area (Å²) in [6.45, 7) is 6.97. The van der Waals surface area contributed by atoms with E-state index >= 15 is 0 Å². The quantitative estimate of drug-likeness (QED) is 0.265. The summed E-state index contributed by atoms with van der Waals surface area (Å²) in [6, 6.07) is 14.7. The third-order valence-electron chi connectivity index (χ3n) is 5.38. The van der Waals surface area contributed by atoms with E-state index in [4.69, 9.17) is 9.72 Å². The Hall–Kier alpha value is -3.46. The number of hydrogen-bond acceptors (Lipinski definition) is 7. The number of fused-ring (bicyclic) bond motifs is 3. The SMILES string of the molecule is CCCn1c2ccccc2c2nnc(S[C@@H](CC)C(=O)Nc3ccc(C(=O)OCC)cc3)nc21. The summed E-state index contributed by atoms with van der Waals surface area (Å²) in [5.41, 5.74) is 3.68. The zero-order valence-corrected chi connectivity index (χ0v) is 20.3. The molecule has 0 bridgehead atoms. The fraction of sp³-hybridized carbons (Fsp3) is 0.320. The Labute approximate surface area is 202 Å². The van der Waals surface area contributed by atoms with Crippen LogP contribution >= 0.6 is 11.8 Å². The number of esters is 1. The first-order valence-electron chi connectivity index (χ1n) is 11.4. The van der Waals surface area contributed by atoms with Crippen LogP contribution in [-0.4, -0.2) is 43.5 Å². The molecular weight excluding hydrogens is 450 g/mol. The van der Waals surface area contributed by atoms with Gasteiger partial charge in [0, 0.05) is 17.6 Å². The number of nitrogens with zero attached hydrogens (tertiary/aromatic N) is 4. The number of aromatic nitrogens is 4. The monoisotopic (exact) mass is 477 g/mol. The molecule has 2 aromatic heterocycles. The van der Waals surface area contributed by atoms with Crippen LogP contribution in [0, 0.1) is 0 Å². The molecule has 2 heterocycles. The lowest BCUT2D eigenvalue weighted by molar-refractivity contribution is -0.115. The molecule has 0 spiro atoms. The van der Waals surface area contributed by atoms with E-state index < -0.39 is 5.25 Å². The molecule has 34 heavy (non-hydrogen) atoms. The second-order valence-electron chi connectivity index (χ2n) is 7.74. The van der Waals surface area contributed by atoms with Crippen molar-refractivity contribution >= 4 is 51.4 Å². The minimum Gasteiger partial charge on any atom is -0.462 e. The minimum absolute atomic E-state index is 0.158. The van der Waals surface area contributed by atoms with Crippen molar-refractivity contribution in [2.45, 2.75) is 50.6 Å². The van der Waals surface area contributed by atoms with Crippen LogP contribution < -0.4 is 5.32 Å². The van der Waals surface area contributed by atoms with Gasteiger partial charge in [-0.3, -0.25) is 4.79 Å². The van der Waals surface area contributed by atoms with Gasteiger partial charge in [0.05, 0.1) is 22.9 Å². The summed E-state index contributed by atoms with van der Waals surface area (Å²) in [4.78, 5) is 29.5. The summed E-state index contributed by atoms with van der Waals surface area (Å²) >= 11 is 1.30. The number of ether oxygens (including phenoxy) is 1. The van der Waals surface area contributed by atoms with Crippen LogP contribution in [0.25, 0.3) is 22.1 Å². The number of carbonyl (C=O) groups is 2. The van der Waals surface area contributed by atoms with Gasteiger partial charge in [-0.2, -0.15) is 0 Å². The van der Waals surface area contributed by atoms with E-state index in [2.05, 4.69) is 33.1 Å². The molecule has 1 amide bonds. The molecule has 0 aliphatic carbocycles. The third kappa shape index (κ3) is 4.89. The zero-order valence-electron chi connectivity index (χ0n) is 19.4. The van der Waals surface area contributed by atoms with Crippen LogP contribution in [0.1, 0.15) is 44.0 Å². The Morgan fingerprint density at radius 2 is 1.82 bits per heavy atom. The van der Waals surface area contributed by atoms with Gasteiger partial charge in [-0.05, 0) is 50.1 Å². The number of amides is 1. The first-order valence-corrected chi connectivity index (χ1v) is 12.3. The van der Waals surface area contributed by atoms with Crippen molar-refractivity contribution in [2.24, 2.45) is 0 Å². The highest BCUT2D eigenvalue weighted by Crippen LogP contribution is 2.29. The molecule has 2 aromatic carbocycles. The Morgan fingerprint density at radius 1 is 1.06 bits per heavy atom. The highest BCUT2D eigenvalue weighted by atomic mass is 32.2. The van der Waals surface area contributed by atoms with Crippen molar-refractivity contribution in [1.82, 2.24) is 19.7 Å². The normalized spacial score (nSPS) is 12.1. The average molecular weight is 478 g/mol. The molecule has 0 unspecified atom stereocenters. The number of nitrogens with one attached hydrogen (secondary N) is 1. The molecular formula is C25H27N5O3S. The molecule has 9 heteroatoms. The van der Waals surface area contributed by atoms with Gasteiger partial charge in [-0.15, -0.1) is 10.2 Å². The summed E-state index contributed by atoms with van der Waals surface area (Å²) in [6.07, 6.45) is 1.56. The number of para-hydroxylation sites is 1. The molecule has 0 saturated carbocycles. The number of hydrogen-bond donors (Lipinski definition) is 1. The Kier molecular flexibility index (Phi) is 7.42. The van der Waals surface area contributed by atoms with Crippen LogP contribution in [0.15, 0.2) is 53.7 Å². The van der Waals surface area contributed by atoms with Gasteiger partial charge >= 0.3 is 5.97 Å². The van der Waals surface area contributed by atoms with Gasteiger partial charge in [-0.25, -0.2) is 9.78 Å². The molecule has 176 valence electrons. The molecule has 4 aromatic rings. The largest absolute Gasteiger partial charge is 0.462 e. The highest BCUT2D eigenvalue weighted by molar-refractivity contribution is 8.00. The van der Waals surface area contributed by atoms with Crippen molar-refractivity contribution in [1.29, 1.82) is 0 Å². The van der Waals surface area contributed by atoms with Crippen molar-refractivity contribution in [3.63, 3.8) is 0 Å². The van der Waals surface area contributed by atoms with E-state index in [9.17, 15) is 9.59 Å². The summed E-state index contributed by atoms with van der Waals surface area (Å²) in [5.74, 6) is -0.544. The predicted molar refractivity (Wildman–Crippen MR) is 134 cm³/mol. The number of rotatable bonds is 9. The van der Waals surface area contributed by atoms with Crippen LogP contribution in [0.5, 0.6) is 0 Å². The Balaban J connectivity index is 1.53. The fourth-order valence-corrected chi connectivity index (χ4v) is 4.58. The van der Waals surface area contributed by atoms with Crippen LogP contribution in [-0.2, 0) is 16.1 Å².